The summed E-state index contributed by atoms with van der Waals surface area (Å²) >= 11 is 0. The van der Waals surface area contributed by atoms with Gasteiger partial charge < -0.3 is 14.7 Å². The van der Waals surface area contributed by atoms with E-state index in [4.69, 9.17) is 4.52 Å². The van der Waals surface area contributed by atoms with Gasteiger partial charge in [-0.3, -0.25) is 9.48 Å². The normalized spacial score (nSPS) is 21.4. The lowest BCUT2D eigenvalue weighted by Gasteiger charge is -2.25. The summed E-state index contributed by atoms with van der Waals surface area (Å²) in [4.78, 5) is 18.2. The van der Waals surface area contributed by atoms with Crippen LogP contribution in [0.4, 0.5) is 0 Å². The van der Waals surface area contributed by atoms with Crippen LogP contribution in [0.1, 0.15) is 42.4 Å². The van der Waals surface area contributed by atoms with Gasteiger partial charge in [-0.15, -0.1) is 0 Å². The fourth-order valence-corrected chi connectivity index (χ4v) is 3.01. The molecule has 1 aliphatic heterocycles. The van der Waals surface area contributed by atoms with Crippen molar-refractivity contribution >= 4 is 5.91 Å². The largest absolute Gasteiger partial charge is 0.338 e. The predicted octanol–water partition coefficient (Wildman–Crippen LogP) is 0.736. The molecule has 124 valence electrons. The summed E-state index contributed by atoms with van der Waals surface area (Å²) in [5.41, 5.74) is 2.13. The van der Waals surface area contributed by atoms with E-state index in [1.165, 1.54) is 0 Å². The van der Waals surface area contributed by atoms with Crippen LogP contribution in [0.15, 0.2) is 10.7 Å². The molecule has 0 radical (unpaired) electrons. The Morgan fingerprint density at radius 2 is 2.22 bits per heavy atom. The number of amides is 1. The minimum absolute atomic E-state index is 0.00706. The van der Waals surface area contributed by atoms with Gasteiger partial charge in [-0.25, -0.2) is 0 Å². The first-order valence-electron chi connectivity index (χ1n) is 7.80. The lowest BCUT2D eigenvalue weighted by molar-refractivity contribution is -0.127. The molecule has 2 aromatic heterocycles. The Morgan fingerprint density at radius 3 is 2.83 bits per heavy atom. The molecule has 2 aromatic rings. The number of likely N-dealkylation sites (N-methyl/N-ethyl adjacent to an activating group) is 1. The molecule has 1 fully saturated rings. The van der Waals surface area contributed by atoms with Crippen molar-refractivity contribution in [2.45, 2.75) is 45.3 Å². The molecule has 1 aliphatic rings. The van der Waals surface area contributed by atoms with Crippen LogP contribution in [0.2, 0.25) is 0 Å². The molecule has 3 rings (SSSR count). The first kappa shape index (κ1) is 15.7. The van der Waals surface area contributed by atoms with Crippen LogP contribution in [0.5, 0.6) is 0 Å². The summed E-state index contributed by atoms with van der Waals surface area (Å²) in [5, 5.41) is 11.6. The highest BCUT2D eigenvalue weighted by Crippen LogP contribution is 2.33. The highest BCUT2D eigenvalue weighted by Gasteiger charge is 2.39. The SMILES string of the molecule is CCc1noc(CN[C@@H]2CC(=O)N(C)[C@H]2c2cnn(C)c2C)n1. The van der Waals surface area contributed by atoms with Crippen LogP contribution in [-0.2, 0) is 24.8 Å². The lowest BCUT2D eigenvalue weighted by atomic mass is 10.0. The van der Waals surface area contributed by atoms with Crippen molar-refractivity contribution in [1.82, 2.24) is 30.1 Å². The Balaban J connectivity index is 1.76. The van der Waals surface area contributed by atoms with E-state index in [9.17, 15) is 4.79 Å². The molecule has 8 heteroatoms. The van der Waals surface area contributed by atoms with E-state index in [1.54, 1.807) is 4.90 Å². The van der Waals surface area contributed by atoms with Crippen LogP contribution in [0.3, 0.4) is 0 Å². The summed E-state index contributed by atoms with van der Waals surface area (Å²) in [5.74, 6) is 1.36. The molecule has 0 aliphatic carbocycles. The van der Waals surface area contributed by atoms with E-state index in [0.717, 1.165) is 17.7 Å². The molecule has 0 aromatic carbocycles. The van der Waals surface area contributed by atoms with E-state index in [-0.39, 0.29) is 18.0 Å². The molecule has 1 saturated heterocycles. The van der Waals surface area contributed by atoms with Gasteiger partial charge in [0.25, 0.3) is 0 Å². The molecule has 0 unspecified atom stereocenters. The van der Waals surface area contributed by atoms with Crippen LogP contribution < -0.4 is 5.32 Å². The number of hydrogen-bond acceptors (Lipinski definition) is 6. The van der Waals surface area contributed by atoms with Crippen molar-refractivity contribution in [2.24, 2.45) is 7.05 Å². The summed E-state index contributed by atoms with van der Waals surface area (Å²) in [7, 11) is 3.74. The average molecular weight is 318 g/mol. The number of carbonyl (C=O) groups excluding carboxylic acids is 1. The van der Waals surface area contributed by atoms with E-state index < -0.39 is 0 Å². The highest BCUT2D eigenvalue weighted by atomic mass is 16.5. The molecule has 23 heavy (non-hydrogen) atoms. The average Bonchev–Trinajstić information content (AvgIpc) is 3.20. The lowest BCUT2D eigenvalue weighted by Crippen LogP contribution is -2.35. The molecular formula is C15H22N6O2. The summed E-state index contributed by atoms with van der Waals surface area (Å²) in [6.45, 7) is 4.45. The molecule has 1 amide bonds. The van der Waals surface area contributed by atoms with E-state index >= 15 is 0 Å². The fraction of sp³-hybridized carbons (Fsp3) is 0.600. The van der Waals surface area contributed by atoms with Crippen LogP contribution >= 0.6 is 0 Å². The van der Waals surface area contributed by atoms with Crippen molar-refractivity contribution in [2.75, 3.05) is 7.05 Å². The standard InChI is InChI=1S/C15H22N6O2/c1-5-12-18-13(23-19-12)8-16-11-6-14(22)20(3)15(11)10-7-17-21(4)9(10)2/h7,11,15-16H,5-6,8H2,1-4H3/t11-,15+/m1/s1. The second-order valence-electron chi connectivity index (χ2n) is 5.91. The van der Waals surface area contributed by atoms with Gasteiger partial charge in [0.05, 0.1) is 18.8 Å². The minimum Gasteiger partial charge on any atom is -0.338 e. The fourth-order valence-electron chi connectivity index (χ4n) is 3.01. The number of nitrogens with zero attached hydrogens (tertiary/aromatic N) is 5. The smallest absolute Gasteiger partial charge is 0.240 e. The number of nitrogens with one attached hydrogen (secondary N) is 1. The Kier molecular flexibility index (Phi) is 4.16. The monoisotopic (exact) mass is 318 g/mol. The maximum atomic E-state index is 12.2. The van der Waals surface area contributed by atoms with Gasteiger partial charge in [-0.1, -0.05) is 12.1 Å². The van der Waals surface area contributed by atoms with Gasteiger partial charge in [-0.2, -0.15) is 10.1 Å². The maximum Gasteiger partial charge on any atom is 0.240 e. The zero-order chi connectivity index (χ0) is 16.6. The Labute approximate surface area is 134 Å². The predicted molar refractivity (Wildman–Crippen MR) is 82.4 cm³/mol. The van der Waals surface area contributed by atoms with Crippen LogP contribution in [0, 0.1) is 6.92 Å². The first-order chi connectivity index (χ1) is 11.0. The number of hydrogen-bond donors (Lipinski definition) is 1. The summed E-state index contributed by atoms with van der Waals surface area (Å²) < 4.78 is 7.03. The quantitative estimate of drug-likeness (QED) is 0.874. The highest BCUT2D eigenvalue weighted by molar-refractivity contribution is 5.80. The van der Waals surface area contributed by atoms with Gasteiger partial charge >= 0.3 is 0 Å². The van der Waals surface area contributed by atoms with Crippen LogP contribution in [0.25, 0.3) is 0 Å². The Hall–Kier alpha value is -2.22. The number of likely N-dealkylation sites (tertiary alicyclic amines) is 1. The topological polar surface area (TPSA) is 89.1 Å². The van der Waals surface area contributed by atoms with Crippen molar-refractivity contribution in [3.8, 4) is 0 Å². The Bertz CT molecular complexity index is 707. The zero-order valence-electron chi connectivity index (χ0n) is 13.9. The third-order valence-corrected chi connectivity index (χ3v) is 4.52. The second kappa shape index (κ2) is 6.11. The van der Waals surface area contributed by atoms with Crippen LogP contribution in [-0.4, -0.2) is 43.8 Å². The van der Waals surface area contributed by atoms with E-state index in [1.807, 2.05) is 38.8 Å². The van der Waals surface area contributed by atoms with Crippen molar-refractivity contribution in [1.29, 1.82) is 0 Å². The summed E-state index contributed by atoms with van der Waals surface area (Å²) in [6.07, 6.45) is 3.03. The Morgan fingerprint density at radius 1 is 1.43 bits per heavy atom. The zero-order valence-corrected chi connectivity index (χ0v) is 13.9. The molecule has 0 saturated carbocycles. The molecule has 0 bridgehead atoms. The number of rotatable bonds is 5. The van der Waals surface area contributed by atoms with Crippen molar-refractivity contribution in [3.63, 3.8) is 0 Å². The summed E-state index contributed by atoms with van der Waals surface area (Å²) in [6, 6.07) is -0.0443. The third kappa shape index (κ3) is 2.86. The molecule has 1 N–H and O–H groups in total. The van der Waals surface area contributed by atoms with Gasteiger partial charge in [0.15, 0.2) is 5.82 Å². The van der Waals surface area contributed by atoms with Gasteiger partial charge in [0.1, 0.15) is 0 Å². The van der Waals surface area contributed by atoms with E-state index in [2.05, 4.69) is 20.6 Å². The third-order valence-electron chi connectivity index (χ3n) is 4.52. The minimum atomic E-state index is -0.0373. The number of carbonyl (C=O) groups is 1. The molecular weight excluding hydrogens is 296 g/mol. The van der Waals surface area contributed by atoms with E-state index in [0.29, 0.717) is 24.7 Å². The molecule has 8 nitrogen and oxygen atoms in total. The molecule has 0 spiro atoms. The molecule has 2 atom stereocenters. The van der Waals surface area contributed by atoms with Crippen molar-refractivity contribution in [3.05, 3.63) is 29.2 Å². The first-order valence-corrected chi connectivity index (χ1v) is 7.80. The van der Waals surface area contributed by atoms with Crippen molar-refractivity contribution < 1.29 is 9.32 Å². The number of aromatic nitrogens is 4. The van der Waals surface area contributed by atoms with Gasteiger partial charge in [-0.05, 0) is 6.92 Å². The maximum absolute atomic E-state index is 12.2. The molecule has 3 heterocycles. The van der Waals surface area contributed by atoms with Gasteiger partial charge in [0, 0.05) is 44.2 Å². The van der Waals surface area contributed by atoms with Gasteiger partial charge in [0.2, 0.25) is 11.8 Å². The number of aryl methyl sites for hydroxylation is 2. The second-order valence-corrected chi connectivity index (χ2v) is 5.91.